The minimum absolute atomic E-state index is 0.310. The highest BCUT2D eigenvalue weighted by atomic mass is 35.5. The van der Waals surface area contributed by atoms with Gasteiger partial charge in [-0.1, -0.05) is 23.2 Å². The van der Waals surface area contributed by atoms with E-state index in [1.807, 2.05) is 0 Å². The van der Waals surface area contributed by atoms with E-state index in [0.29, 0.717) is 33.6 Å². The number of anilines is 2. The third kappa shape index (κ3) is 4.87. The Morgan fingerprint density at radius 3 is 2.17 bits per heavy atom. The number of benzene rings is 2. The molecule has 0 aliphatic heterocycles. The van der Waals surface area contributed by atoms with Crippen LogP contribution in [0.1, 0.15) is 17.3 Å². The van der Waals surface area contributed by atoms with Crippen molar-refractivity contribution >= 4 is 46.6 Å². The van der Waals surface area contributed by atoms with E-state index in [-0.39, 0.29) is 0 Å². The Bertz CT molecular complexity index is 718. The number of urea groups is 1. The van der Waals surface area contributed by atoms with E-state index in [9.17, 15) is 9.59 Å². The Balaban J connectivity index is 1.97. The number of amides is 2. The zero-order chi connectivity index (χ0) is 16.8. The third-order valence-electron chi connectivity index (χ3n) is 2.83. The lowest BCUT2D eigenvalue weighted by molar-refractivity contribution is 0.0526. The van der Waals surface area contributed by atoms with Gasteiger partial charge in [-0.05, 0) is 49.4 Å². The normalized spacial score (nSPS) is 10.0. The molecule has 0 heterocycles. The molecule has 0 aliphatic rings. The third-order valence-corrected chi connectivity index (χ3v) is 3.57. The quantitative estimate of drug-likeness (QED) is 0.775. The number of ether oxygens (including phenoxy) is 1. The van der Waals surface area contributed by atoms with E-state index < -0.39 is 12.0 Å². The fraction of sp³-hybridized carbons (Fsp3) is 0.125. The van der Waals surface area contributed by atoms with Crippen LogP contribution < -0.4 is 10.6 Å². The fourth-order valence-corrected chi connectivity index (χ4v) is 2.07. The highest BCUT2D eigenvalue weighted by Crippen LogP contribution is 2.25. The van der Waals surface area contributed by atoms with Crippen LogP contribution in [0.15, 0.2) is 42.5 Å². The summed E-state index contributed by atoms with van der Waals surface area (Å²) in [6, 6.07) is 10.7. The highest BCUT2D eigenvalue weighted by molar-refractivity contribution is 6.42. The lowest BCUT2D eigenvalue weighted by atomic mass is 10.2. The molecular formula is C16H14Cl2N2O3. The Hall–Kier alpha value is -2.24. The lowest BCUT2D eigenvalue weighted by Gasteiger charge is -2.09. The molecule has 0 saturated heterocycles. The summed E-state index contributed by atoms with van der Waals surface area (Å²) >= 11 is 11.7. The first kappa shape index (κ1) is 17.1. The van der Waals surface area contributed by atoms with Crippen molar-refractivity contribution in [3.63, 3.8) is 0 Å². The first-order valence-corrected chi connectivity index (χ1v) is 7.55. The van der Waals surface area contributed by atoms with Crippen LogP contribution in [0.5, 0.6) is 0 Å². The number of halogens is 2. The molecule has 0 atom stereocenters. The van der Waals surface area contributed by atoms with Crippen LogP contribution in [0.3, 0.4) is 0 Å². The number of carbonyl (C=O) groups excluding carboxylic acids is 2. The fourth-order valence-electron chi connectivity index (χ4n) is 1.77. The van der Waals surface area contributed by atoms with Crippen molar-refractivity contribution < 1.29 is 14.3 Å². The van der Waals surface area contributed by atoms with E-state index in [2.05, 4.69) is 10.6 Å². The second-order valence-corrected chi connectivity index (χ2v) is 5.32. The minimum atomic E-state index is -0.438. The molecule has 0 fully saturated rings. The number of rotatable bonds is 4. The van der Waals surface area contributed by atoms with Gasteiger partial charge in [0.05, 0.1) is 22.2 Å². The zero-order valence-electron chi connectivity index (χ0n) is 12.2. The summed E-state index contributed by atoms with van der Waals surface area (Å²) in [7, 11) is 0. The van der Waals surface area contributed by atoms with Crippen molar-refractivity contribution in [2.45, 2.75) is 6.92 Å². The molecule has 0 bridgehead atoms. The van der Waals surface area contributed by atoms with Crippen molar-refractivity contribution in [3.05, 3.63) is 58.1 Å². The van der Waals surface area contributed by atoms with Crippen molar-refractivity contribution in [2.24, 2.45) is 0 Å². The summed E-state index contributed by atoms with van der Waals surface area (Å²) in [6.45, 7) is 2.05. The van der Waals surface area contributed by atoms with E-state index >= 15 is 0 Å². The molecule has 0 radical (unpaired) electrons. The molecule has 23 heavy (non-hydrogen) atoms. The predicted octanol–water partition coefficient (Wildman–Crippen LogP) is 4.81. The maximum atomic E-state index is 11.9. The number of hydrogen-bond acceptors (Lipinski definition) is 3. The molecule has 0 aromatic heterocycles. The SMILES string of the molecule is CCOC(=O)c1ccc(NC(=O)Nc2ccc(Cl)c(Cl)c2)cc1. The van der Waals surface area contributed by atoms with E-state index in [4.69, 9.17) is 27.9 Å². The summed E-state index contributed by atoms with van der Waals surface area (Å²) in [4.78, 5) is 23.4. The van der Waals surface area contributed by atoms with Crippen LogP contribution in [0.2, 0.25) is 10.0 Å². The maximum absolute atomic E-state index is 11.9. The predicted molar refractivity (Wildman–Crippen MR) is 91.5 cm³/mol. The molecule has 2 N–H and O–H groups in total. The molecule has 0 unspecified atom stereocenters. The molecule has 7 heteroatoms. The van der Waals surface area contributed by atoms with Gasteiger partial charge in [-0.15, -0.1) is 0 Å². The van der Waals surface area contributed by atoms with Gasteiger partial charge in [-0.2, -0.15) is 0 Å². The highest BCUT2D eigenvalue weighted by Gasteiger charge is 2.08. The van der Waals surface area contributed by atoms with Gasteiger partial charge in [-0.3, -0.25) is 0 Å². The van der Waals surface area contributed by atoms with Gasteiger partial charge < -0.3 is 15.4 Å². The summed E-state index contributed by atoms with van der Waals surface area (Å²) in [5.74, 6) is -0.403. The molecule has 0 aliphatic carbocycles. The molecule has 2 aromatic carbocycles. The molecule has 0 spiro atoms. The standard InChI is InChI=1S/C16H14Cl2N2O3/c1-2-23-15(21)10-3-5-11(6-4-10)19-16(22)20-12-7-8-13(17)14(18)9-12/h3-9H,2H2,1H3,(H2,19,20,22). The summed E-state index contributed by atoms with van der Waals surface area (Å²) in [6.07, 6.45) is 0. The van der Waals surface area contributed by atoms with Gasteiger partial charge in [0.2, 0.25) is 0 Å². The Morgan fingerprint density at radius 1 is 0.957 bits per heavy atom. The average Bonchev–Trinajstić information content (AvgIpc) is 2.52. The summed E-state index contributed by atoms with van der Waals surface area (Å²) in [5.41, 5.74) is 1.47. The number of nitrogens with one attached hydrogen (secondary N) is 2. The van der Waals surface area contributed by atoms with Crippen LogP contribution in [0.4, 0.5) is 16.2 Å². The Labute approximate surface area is 143 Å². The van der Waals surface area contributed by atoms with E-state index in [1.54, 1.807) is 49.4 Å². The van der Waals surface area contributed by atoms with E-state index in [1.165, 1.54) is 0 Å². The monoisotopic (exact) mass is 352 g/mol. The van der Waals surface area contributed by atoms with E-state index in [0.717, 1.165) is 0 Å². The van der Waals surface area contributed by atoms with Crippen LogP contribution in [0.25, 0.3) is 0 Å². The first-order valence-electron chi connectivity index (χ1n) is 6.80. The molecule has 2 rings (SSSR count). The van der Waals surface area contributed by atoms with Crippen molar-refractivity contribution in [2.75, 3.05) is 17.2 Å². The minimum Gasteiger partial charge on any atom is -0.462 e. The van der Waals surface area contributed by atoms with Gasteiger partial charge in [0.1, 0.15) is 0 Å². The first-order chi connectivity index (χ1) is 11.0. The zero-order valence-corrected chi connectivity index (χ0v) is 13.7. The number of carbonyl (C=O) groups is 2. The molecular weight excluding hydrogens is 339 g/mol. The Morgan fingerprint density at radius 2 is 1.57 bits per heavy atom. The van der Waals surface area contributed by atoms with Gasteiger partial charge in [0.15, 0.2) is 0 Å². The van der Waals surface area contributed by atoms with Gasteiger partial charge in [0.25, 0.3) is 0 Å². The van der Waals surface area contributed by atoms with Crippen LogP contribution in [-0.4, -0.2) is 18.6 Å². The second-order valence-electron chi connectivity index (χ2n) is 4.51. The topological polar surface area (TPSA) is 67.4 Å². The average molecular weight is 353 g/mol. The molecule has 0 saturated carbocycles. The van der Waals surface area contributed by atoms with Crippen molar-refractivity contribution in [1.82, 2.24) is 0 Å². The molecule has 120 valence electrons. The summed E-state index contributed by atoms with van der Waals surface area (Å²) < 4.78 is 4.89. The van der Waals surface area contributed by atoms with Gasteiger partial charge in [-0.25, -0.2) is 9.59 Å². The van der Waals surface area contributed by atoms with Crippen LogP contribution in [-0.2, 0) is 4.74 Å². The lowest BCUT2D eigenvalue weighted by Crippen LogP contribution is -2.19. The van der Waals surface area contributed by atoms with Crippen LogP contribution >= 0.6 is 23.2 Å². The number of hydrogen-bond donors (Lipinski definition) is 2. The maximum Gasteiger partial charge on any atom is 0.338 e. The van der Waals surface area contributed by atoms with Crippen molar-refractivity contribution in [3.8, 4) is 0 Å². The smallest absolute Gasteiger partial charge is 0.338 e. The van der Waals surface area contributed by atoms with Crippen molar-refractivity contribution in [1.29, 1.82) is 0 Å². The summed E-state index contributed by atoms with van der Waals surface area (Å²) in [5, 5.41) is 6.04. The number of esters is 1. The van der Waals surface area contributed by atoms with Crippen LogP contribution in [0, 0.1) is 0 Å². The molecule has 2 amide bonds. The van der Waals surface area contributed by atoms with Gasteiger partial charge in [0, 0.05) is 11.4 Å². The largest absolute Gasteiger partial charge is 0.462 e. The molecule has 5 nitrogen and oxygen atoms in total. The van der Waals surface area contributed by atoms with Gasteiger partial charge >= 0.3 is 12.0 Å². The molecule has 2 aromatic rings. The second kappa shape index (κ2) is 7.85. The Kier molecular flexibility index (Phi) is 5.84.